The van der Waals surface area contributed by atoms with Crippen molar-refractivity contribution in [3.05, 3.63) is 42.1 Å². The fraction of sp³-hybridized carbons (Fsp3) is 0.333. The van der Waals surface area contributed by atoms with Gasteiger partial charge >= 0.3 is 0 Å². The zero-order valence-electron chi connectivity index (χ0n) is 14.0. The Bertz CT molecular complexity index is 704. The van der Waals surface area contributed by atoms with E-state index in [4.69, 9.17) is 14.2 Å². The zero-order chi connectivity index (χ0) is 17.1. The molecule has 24 heavy (non-hydrogen) atoms. The van der Waals surface area contributed by atoms with Crippen LogP contribution in [0.3, 0.4) is 0 Å². The number of hydrogen-bond acceptors (Lipinski definition) is 5. The van der Waals surface area contributed by atoms with Gasteiger partial charge in [0, 0.05) is 17.8 Å². The van der Waals surface area contributed by atoms with Crippen LogP contribution in [0.25, 0.3) is 0 Å². The number of nitrogens with zero attached hydrogens (tertiary/aromatic N) is 2. The van der Waals surface area contributed by atoms with E-state index in [1.165, 1.54) is 21.3 Å². The monoisotopic (exact) mass is 328 g/mol. The third-order valence-corrected chi connectivity index (χ3v) is 3.94. The standard InChI is InChI=1S/C18H20N2O4/c1-22-14-10-12(11-15(23-2)17(14)24-3)18(21)20(13-7-8-13)16-6-4-5-9-19-16/h4-6,9-11,13H,7-8H2,1-3H3. The second kappa shape index (κ2) is 6.78. The number of methoxy groups -OCH3 is 3. The molecular formula is C18H20N2O4. The summed E-state index contributed by atoms with van der Waals surface area (Å²) in [5, 5.41) is 0. The van der Waals surface area contributed by atoms with E-state index in [2.05, 4.69) is 4.98 Å². The molecule has 0 spiro atoms. The van der Waals surface area contributed by atoms with Crippen molar-refractivity contribution in [3.8, 4) is 17.2 Å². The Balaban J connectivity index is 2.02. The van der Waals surface area contributed by atoms with Gasteiger partial charge in [-0.1, -0.05) is 6.07 Å². The van der Waals surface area contributed by atoms with E-state index in [1.54, 1.807) is 23.2 Å². The van der Waals surface area contributed by atoms with Gasteiger partial charge in [-0.25, -0.2) is 4.98 Å². The maximum absolute atomic E-state index is 13.1. The van der Waals surface area contributed by atoms with Gasteiger partial charge in [-0.05, 0) is 37.1 Å². The summed E-state index contributed by atoms with van der Waals surface area (Å²) in [6.07, 6.45) is 3.65. The highest BCUT2D eigenvalue weighted by Gasteiger charge is 2.35. The number of carbonyl (C=O) groups excluding carboxylic acids is 1. The molecule has 0 bridgehead atoms. The Morgan fingerprint density at radius 3 is 2.21 bits per heavy atom. The van der Waals surface area contributed by atoms with E-state index in [-0.39, 0.29) is 11.9 Å². The largest absolute Gasteiger partial charge is 0.493 e. The number of rotatable bonds is 6. The minimum Gasteiger partial charge on any atom is -0.493 e. The Labute approximate surface area is 141 Å². The molecular weight excluding hydrogens is 308 g/mol. The second-order valence-electron chi connectivity index (χ2n) is 5.51. The number of aromatic nitrogens is 1. The van der Waals surface area contributed by atoms with E-state index in [9.17, 15) is 4.79 Å². The fourth-order valence-electron chi connectivity index (χ4n) is 2.63. The van der Waals surface area contributed by atoms with Crippen LogP contribution in [0.2, 0.25) is 0 Å². The van der Waals surface area contributed by atoms with Crippen LogP contribution in [0.15, 0.2) is 36.5 Å². The number of carbonyl (C=O) groups is 1. The van der Waals surface area contributed by atoms with Crippen molar-refractivity contribution in [2.45, 2.75) is 18.9 Å². The average molecular weight is 328 g/mol. The first-order valence-corrected chi connectivity index (χ1v) is 7.74. The molecule has 1 aliphatic carbocycles. The molecule has 0 unspecified atom stereocenters. The third-order valence-electron chi connectivity index (χ3n) is 3.94. The lowest BCUT2D eigenvalue weighted by atomic mass is 10.1. The van der Waals surface area contributed by atoms with Crippen molar-refractivity contribution < 1.29 is 19.0 Å². The van der Waals surface area contributed by atoms with Crippen LogP contribution in [0, 0.1) is 0 Å². The lowest BCUT2D eigenvalue weighted by Gasteiger charge is -2.22. The maximum atomic E-state index is 13.1. The molecule has 1 amide bonds. The van der Waals surface area contributed by atoms with Crippen LogP contribution < -0.4 is 19.1 Å². The first kappa shape index (κ1) is 16.1. The van der Waals surface area contributed by atoms with Crippen molar-refractivity contribution in [1.29, 1.82) is 0 Å². The van der Waals surface area contributed by atoms with Crippen LogP contribution in [0.4, 0.5) is 5.82 Å². The summed E-state index contributed by atoms with van der Waals surface area (Å²) in [7, 11) is 4.60. The van der Waals surface area contributed by atoms with Crippen molar-refractivity contribution in [2.75, 3.05) is 26.2 Å². The van der Waals surface area contributed by atoms with Gasteiger partial charge in [0.1, 0.15) is 5.82 Å². The normalized spacial score (nSPS) is 13.3. The molecule has 0 aliphatic heterocycles. The highest BCUT2D eigenvalue weighted by Crippen LogP contribution is 2.39. The quantitative estimate of drug-likeness (QED) is 0.816. The van der Waals surface area contributed by atoms with Crippen LogP contribution >= 0.6 is 0 Å². The fourth-order valence-corrected chi connectivity index (χ4v) is 2.63. The lowest BCUT2D eigenvalue weighted by molar-refractivity contribution is 0.0983. The number of benzene rings is 1. The lowest BCUT2D eigenvalue weighted by Crippen LogP contribution is -2.33. The Hall–Kier alpha value is -2.76. The summed E-state index contributed by atoms with van der Waals surface area (Å²) < 4.78 is 16.0. The van der Waals surface area contributed by atoms with Crippen molar-refractivity contribution in [2.24, 2.45) is 0 Å². The molecule has 0 radical (unpaired) electrons. The van der Waals surface area contributed by atoms with Crippen LogP contribution in [0.1, 0.15) is 23.2 Å². The Kier molecular flexibility index (Phi) is 4.55. The van der Waals surface area contributed by atoms with E-state index < -0.39 is 0 Å². The van der Waals surface area contributed by atoms with Gasteiger partial charge in [0.15, 0.2) is 11.5 Å². The van der Waals surface area contributed by atoms with Gasteiger partial charge < -0.3 is 14.2 Å². The smallest absolute Gasteiger partial charge is 0.259 e. The van der Waals surface area contributed by atoms with Crippen molar-refractivity contribution >= 4 is 11.7 Å². The molecule has 0 atom stereocenters. The van der Waals surface area contributed by atoms with Crippen LogP contribution in [-0.4, -0.2) is 38.3 Å². The highest BCUT2D eigenvalue weighted by atomic mass is 16.5. The molecule has 1 aromatic heterocycles. The molecule has 1 heterocycles. The summed E-state index contributed by atoms with van der Waals surface area (Å²) in [5.74, 6) is 1.90. The zero-order valence-corrected chi connectivity index (χ0v) is 14.0. The minimum absolute atomic E-state index is 0.129. The molecule has 6 nitrogen and oxygen atoms in total. The van der Waals surface area contributed by atoms with Gasteiger partial charge in [0.05, 0.1) is 21.3 Å². The van der Waals surface area contributed by atoms with Crippen LogP contribution in [0.5, 0.6) is 17.2 Å². The summed E-state index contributed by atoms with van der Waals surface area (Å²) in [4.78, 5) is 19.2. The molecule has 126 valence electrons. The second-order valence-corrected chi connectivity index (χ2v) is 5.51. The highest BCUT2D eigenvalue weighted by molar-refractivity contribution is 6.07. The summed E-state index contributed by atoms with van der Waals surface area (Å²) in [5.41, 5.74) is 0.474. The van der Waals surface area contributed by atoms with Crippen molar-refractivity contribution in [3.63, 3.8) is 0 Å². The molecule has 0 N–H and O–H groups in total. The Morgan fingerprint density at radius 2 is 1.75 bits per heavy atom. The maximum Gasteiger partial charge on any atom is 0.259 e. The SMILES string of the molecule is COc1cc(C(=O)N(c2ccccn2)C2CC2)cc(OC)c1OC. The molecule has 1 fully saturated rings. The summed E-state index contributed by atoms with van der Waals surface area (Å²) in [6.45, 7) is 0. The van der Waals surface area contributed by atoms with Gasteiger partial charge in [-0.3, -0.25) is 9.69 Å². The number of amides is 1. The molecule has 1 aromatic carbocycles. The Morgan fingerprint density at radius 1 is 1.08 bits per heavy atom. The predicted octanol–water partition coefficient (Wildman–Crippen LogP) is 2.92. The van der Waals surface area contributed by atoms with Gasteiger partial charge in [-0.2, -0.15) is 0 Å². The molecule has 1 aliphatic rings. The number of ether oxygens (including phenoxy) is 3. The molecule has 6 heteroatoms. The van der Waals surface area contributed by atoms with E-state index in [0.717, 1.165) is 12.8 Å². The van der Waals surface area contributed by atoms with Gasteiger partial charge in [-0.15, -0.1) is 0 Å². The summed E-state index contributed by atoms with van der Waals surface area (Å²) in [6, 6.07) is 9.07. The number of pyridine rings is 1. The van der Waals surface area contributed by atoms with E-state index in [0.29, 0.717) is 28.6 Å². The number of hydrogen-bond donors (Lipinski definition) is 0. The summed E-state index contributed by atoms with van der Waals surface area (Å²) >= 11 is 0. The third kappa shape index (κ3) is 2.99. The average Bonchev–Trinajstić information content (AvgIpc) is 3.46. The molecule has 2 aromatic rings. The first-order chi connectivity index (χ1) is 11.7. The predicted molar refractivity (Wildman–Crippen MR) is 90.2 cm³/mol. The van der Waals surface area contributed by atoms with E-state index in [1.807, 2.05) is 18.2 Å². The van der Waals surface area contributed by atoms with Gasteiger partial charge in [0.25, 0.3) is 5.91 Å². The minimum atomic E-state index is -0.129. The molecule has 1 saturated carbocycles. The molecule has 3 rings (SSSR count). The first-order valence-electron chi connectivity index (χ1n) is 7.74. The van der Waals surface area contributed by atoms with Gasteiger partial charge in [0.2, 0.25) is 5.75 Å². The topological polar surface area (TPSA) is 60.9 Å². The van der Waals surface area contributed by atoms with E-state index >= 15 is 0 Å². The van der Waals surface area contributed by atoms with Crippen LogP contribution in [-0.2, 0) is 0 Å². The molecule has 0 saturated heterocycles. The number of anilines is 1. The van der Waals surface area contributed by atoms with Crippen molar-refractivity contribution in [1.82, 2.24) is 4.98 Å².